The predicted molar refractivity (Wildman–Crippen MR) is 52.8 cm³/mol. The van der Waals surface area contributed by atoms with Crippen LogP contribution in [0.25, 0.3) is 0 Å². The van der Waals surface area contributed by atoms with Crippen molar-refractivity contribution in [3.05, 3.63) is 0 Å². The van der Waals surface area contributed by atoms with Gasteiger partial charge >= 0.3 is 0 Å². The second-order valence-electron chi connectivity index (χ2n) is 4.37. The molecule has 3 aliphatic rings. The van der Waals surface area contributed by atoms with Gasteiger partial charge in [0.15, 0.2) is 5.67 Å². The minimum Gasteiger partial charge on any atom is -0.547 e. The van der Waals surface area contributed by atoms with Crippen LogP contribution < -0.4 is 5.11 Å². The van der Waals surface area contributed by atoms with Crippen molar-refractivity contribution >= 4 is 33.3 Å². The molecule has 6 heteroatoms. The third-order valence-electron chi connectivity index (χ3n) is 3.66. The highest BCUT2D eigenvalue weighted by Crippen LogP contribution is 2.73. The van der Waals surface area contributed by atoms with Crippen LogP contribution in [0, 0.1) is 11.8 Å². The van der Waals surface area contributed by atoms with Gasteiger partial charge < -0.3 is 9.90 Å². The topological polar surface area (TPSA) is 57.2 Å². The molecule has 2 aliphatic carbocycles. The SMILES string of the molecule is O=C1CC2(CCSS2)C2C1C2(F)C(=O)[O-]. The van der Waals surface area contributed by atoms with E-state index < -0.39 is 28.2 Å². The number of alkyl halides is 1. The van der Waals surface area contributed by atoms with E-state index in [4.69, 9.17) is 0 Å². The summed E-state index contributed by atoms with van der Waals surface area (Å²) in [4.78, 5) is 22.3. The summed E-state index contributed by atoms with van der Waals surface area (Å²) in [5.74, 6) is -2.63. The summed E-state index contributed by atoms with van der Waals surface area (Å²) >= 11 is 0. The van der Waals surface area contributed by atoms with Crippen LogP contribution >= 0.6 is 21.6 Å². The Balaban J connectivity index is 1.98. The third kappa shape index (κ3) is 0.996. The molecule has 0 aromatic rings. The van der Waals surface area contributed by atoms with Crippen molar-refractivity contribution in [3.8, 4) is 0 Å². The number of aliphatic carboxylic acids is 1. The summed E-state index contributed by atoms with van der Waals surface area (Å²) in [5, 5.41) is 10.7. The van der Waals surface area contributed by atoms with Crippen molar-refractivity contribution in [2.45, 2.75) is 23.3 Å². The van der Waals surface area contributed by atoms with Crippen molar-refractivity contribution in [2.75, 3.05) is 5.75 Å². The quantitative estimate of drug-likeness (QED) is 0.619. The van der Waals surface area contributed by atoms with Gasteiger partial charge in [0.25, 0.3) is 0 Å². The average molecular weight is 247 g/mol. The van der Waals surface area contributed by atoms with Gasteiger partial charge in [-0.3, -0.25) is 4.79 Å². The summed E-state index contributed by atoms with van der Waals surface area (Å²) in [6.45, 7) is 0. The zero-order chi connectivity index (χ0) is 10.8. The number of carbonyl (C=O) groups is 2. The van der Waals surface area contributed by atoms with Gasteiger partial charge in [0.05, 0.1) is 11.9 Å². The van der Waals surface area contributed by atoms with Crippen molar-refractivity contribution in [3.63, 3.8) is 0 Å². The number of rotatable bonds is 1. The van der Waals surface area contributed by atoms with Crippen LogP contribution in [0.4, 0.5) is 4.39 Å². The van der Waals surface area contributed by atoms with E-state index >= 15 is 0 Å². The molecule has 1 heterocycles. The Kier molecular flexibility index (Phi) is 1.80. The summed E-state index contributed by atoms with van der Waals surface area (Å²) in [7, 11) is 3.09. The Labute approximate surface area is 93.6 Å². The van der Waals surface area contributed by atoms with Gasteiger partial charge in [-0.2, -0.15) is 0 Å². The van der Waals surface area contributed by atoms with E-state index in [1.807, 2.05) is 0 Å². The van der Waals surface area contributed by atoms with E-state index in [2.05, 4.69) is 0 Å². The second kappa shape index (κ2) is 2.71. The van der Waals surface area contributed by atoms with Gasteiger partial charge in [-0.15, -0.1) is 0 Å². The molecule has 0 radical (unpaired) electrons. The van der Waals surface area contributed by atoms with Gasteiger partial charge in [-0.25, -0.2) is 4.39 Å². The number of Topliss-reactive ketones (excluding diaryl/α,β-unsaturated/α-hetero) is 1. The Bertz CT molecular complexity index is 366. The maximum absolute atomic E-state index is 14.0. The smallest absolute Gasteiger partial charge is 0.165 e. The number of fused-ring (bicyclic) bond motifs is 2. The fourth-order valence-electron chi connectivity index (χ4n) is 2.97. The molecule has 0 N–H and O–H groups in total. The molecule has 3 nitrogen and oxygen atoms in total. The molecule has 4 unspecified atom stereocenters. The molecular formula is C9H8FO3S2-. The summed E-state index contributed by atoms with van der Waals surface area (Å²) < 4.78 is 13.5. The molecule has 0 aromatic carbocycles. The van der Waals surface area contributed by atoms with Crippen LogP contribution in [-0.4, -0.2) is 27.9 Å². The highest BCUT2D eigenvalue weighted by molar-refractivity contribution is 8.77. The Morgan fingerprint density at radius 1 is 1.60 bits per heavy atom. The van der Waals surface area contributed by atoms with Gasteiger partial charge in [-0.1, -0.05) is 21.6 Å². The van der Waals surface area contributed by atoms with Gasteiger partial charge in [0.1, 0.15) is 5.78 Å². The van der Waals surface area contributed by atoms with Crippen LogP contribution in [0.1, 0.15) is 12.8 Å². The molecule has 1 spiro atoms. The zero-order valence-electron chi connectivity index (χ0n) is 7.70. The van der Waals surface area contributed by atoms with E-state index in [0.29, 0.717) is 6.42 Å². The number of ketones is 1. The van der Waals surface area contributed by atoms with E-state index in [9.17, 15) is 19.1 Å². The van der Waals surface area contributed by atoms with Gasteiger partial charge in [0, 0.05) is 22.8 Å². The third-order valence-corrected chi connectivity index (χ3v) is 6.94. The number of carboxylic acids is 1. The molecular weight excluding hydrogens is 239 g/mol. The molecule has 3 fully saturated rings. The second-order valence-corrected chi connectivity index (χ2v) is 7.20. The predicted octanol–water partition coefficient (Wildman–Crippen LogP) is 0.187. The Hall–Kier alpha value is -0.230. The standard InChI is InChI=1S/C9H9FO3S2/c10-9(7(12)13)5-4(11)3-8(6(5)9)1-2-14-15-8/h5-6H,1-3H2,(H,12,13)/p-1. The molecule has 1 aliphatic heterocycles. The summed E-state index contributed by atoms with van der Waals surface area (Å²) in [6, 6.07) is 0. The lowest BCUT2D eigenvalue weighted by Crippen LogP contribution is -2.43. The first kappa shape index (κ1) is 9.96. The lowest BCUT2D eigenvalue weighted by molar-refractivity contribution is -0.315. The van der Waals surface area contributed by atoms with E-state index in [0.717, 1.165) is 12.2 Å². The van der Waals surface area contributed by atoms with Crippen molar-refractivity contribution < 1.29 is 19.1 Å². The first-order valence-electron chi connectivity index (χ1n) is 4.76. The Morgan fingerprint density at radius 2 is 2.33 bits per heavy atom. The molecule has 4 atom stereocenters. The molecule has 1 saturated heterocycles. The van der Waals surface area contributed by atoms with Gasteiger partial charge in [-0.05, 0) is 6.42 Å². The number of halogens is 1. The molecule has 0 amide bonds. The lowest BCUT2D eigenvalue weighted by atomic mass is 9.94. The number of hydrogen-bond acceptors (Lipinski definition) is 5. The highest BCUT2D eigenvalue weighted by atomic mass is 33.1. The van der Waals surface area contributed by atoms with E-state index in [1.165, 1.54) is 10.8 Å². The maximum Gasteiger partial charge on any atom is 0.165 e. The van der Waals surface area contributed by atoms with E-state index in [-0.39, 0.29) is 5.78 Å². The largest absolute Gasteiger partial charge is 0.547 e. The first-order valence-corrected chi connectivity index (χ1v) is 7.08. The molecule has 15 heavy (non-hydrogen) atoms. The van der Waals surface area contributed by atoms with Crippen molar-refractivity contribution in [1.29, 1.82) is 0 Å². The van der Waals surface area contributed by atoms with E-state index in [1.54, 1.807) is 10.8 Å². The number of carboxylic acid groups (broad SMARTS) is 1. The zero-order valence-corrected chi connectivity index (χ0v) is 9.33. The maximum atomic E-state index is 14.0. The Morgan fingerprint density at radius 3 is 2.80 bits per heavy atom. The van der Waals surface area contributed by atoms with Crippen LogP contribution in [-0.2, 0) is 9.59 Å². The van der Waals surface area contributed by atoms with Crippen molar-refractivity contribution in [2.24, 2.45) is 11.8 Å². The summed E-state index contributed by atoms with van der Waals surface area (Å²) in [5.41, 5.74) is -2.37. The monoisotopic (exact) mass is 247 g/mol. The fourth-order valence-corrected chi connectivity index (χ4v) is 6.61. The van der Waals surface area contributed by atoms with Crippen LogP contribution in [0.3, 0.4) is 0 Å². The van der Waals surface area contributed by atoms with Crippen LogP contribution in [0.15, 0.2) is 0 Å². The van der Waals surface area contributed by atoms with Crippen molar-refractivity contribution in [1.82, 2.24) is 0 Å². The molecule has 0 aromatic heterocycles. The minimum absolute atomic E-state index is 0.235. The highest BCUT2D eigenvalue weighted by Gasteiger charge is 2.81. The normalized spacial score (nSPS) is 52.2. The molecule has 2 saturated carbocycles. The fraction of sp³-hybridized carbons (Fsp3) is 0.778. The first-order chi connectivity index (χ1) is 7.02. The molecule has 3 rings (SSSR count). The van der Waals surface area contributed by atoms with Gasteiger partial charge in [0.2, 0.25) is 0 Å². The lowest BCUT2D eigenvalue weighted by Gasteiger charge is -2.26. The molecule has 82 valence electrons. The van der Waals surface area contributed by atoms with Crippen LogP contribution in [0.5, 0.6) is 0 Å². The number of hydrogen-bond donors (Lipinski definition) is 0. The van der Waals surface area contributed by atoms with Crippen LogP contribution in [0.2, 0.25) is 0 Å². The molecule has 0 bridgehead atoms. The number of carbonyl (C=O) groups excluding carboxylic acids is 2. The average Bonchev–Trinajstić information content (AvgIpc) is 2.52. The summed E-state index contributed by atoms with van der Waals surface area (Å²) in [6.07, 6.45) is 1.06. The minimum atomic E-state index is -2.37.